The van der Waals surface area contributed by atoms with Crippen LogP contribution in [0.1, 0.15) is 44.2 Å². The second kappa shape index (κ2) is 10.9. The van der Waals surface area contributed by atoms with Crippen molar-refractivity contribution < 1.29 is 15.0 Å². The molecule has 1 aliphatic rings. The van der Waals surface area contributed by atoms with E-state index in [2.05, 4.69) is 31.4 Å². The average molecular weight is 508 g/mol. The van der Waals surface area contributed by atoms with E-state index >= 15 is 0 Å². The zero-order valence-corrected chi connectivity index (χ0v) is 21.4. The molecule has 8 heteroatoms. The van der Waals surface area contributed by atoms with Crippen LogP contribution in [0.5, 0.6) is 0 Å². The Bertz CT molecular complexity index is 976. The predicted molar refractivity (Wildman–Crippen MR) is 137 cm³/mol. The highest BCUT2D eigenvalue weighted by atomic mass is 35.5. The van der Waals surface area contributed by atoms with E-state index in [4.69, 9.17) is 28.9 Å². The Hall–Kier alpha value is -1.67. The summed E-state index contributed by atoms with van der Waals surface area (Å²) < 4.78 is 0. The molecule has 1 saturated heterocycles. The van der Waals surface area contributed by atoms with E-state index in [1.807, 2.05) is 42.5 Å². The van der Waals surface area contributed by atoms with Gasteiger partial charge in [0.2, 0.25) is 5.91 Å². The van der Waals surface area contributed by atoms with E-state index in [9.17, 15) is 15.0 Å². The summed E-state index contributed by atoms with van der Waals surface area (Å²) in [5.41, 5.74) is 8.08. The van der Waals surface area contributed by atoms with Gasteiger partial charge < -0.3 is 26.6 Å². The van der Waals surface area contributed by atoms with Gasteiger partial charge >= 0.3 is 0 Å². The van der Waals surface area contributed by atoms with Crippen molar-refractivity contribution in [1.82, 2.24) is 10.6 Å². The lowest BCUT2D eigenvalue weighted by atomic mass is 9.68. The van der Waals surface area contributed by atoms with Crippen LogP contribution in [-0.2, 0) is 10.3 Å². The molecule has 0 aliphatic carbocycles. The molecule has 0 unspecified atom stereocenters. The molecule has 186 valence electrons. The summed E-state index contributed by atoms with van der Waals surface area (Å²) >= 11 is 12.5. The Morgan fingerprint density at radius 2 is 1.76 bits per heavy atom. The summed E-state index contributed by atoms with van der Waals surface area (Å²) in [5, 5.41) is 26.4. The Kier molecular flexibility index (Phi) is 8.66. The molecule has 1 fully saturated rings. The lowest BCUT2D eigenvalue weighted by molar-refractivity contribution is -0.123. The maximum Gasteiger partial charge on any atom is 0.237 e. The molecule has 3 rings (SSSR count). The van der Waals surface area contributed by atoms with Crippen LogP contribution in [0.15, 0.2) is 48.5 Å². The van der Waals surface area contributed by atoms with Gasteiger partial charge in [-0.1, -0.05) is 68.2 Å². The first-order valence-electron chi connectivity index (χ1n) is 11.6. The number of aliphatic hydroxyl groups excluding tert-OH is 2. The average Bonchev–Trinajstić information content (AvgIpc) is 3.06. The standard InChI is InChI=1S/C26H35Cl2N3O3/c1-25(2,3)12-21-26(29,18-7-9-19(27)10-8-18)22(17-5-4-6-20(28)11-17)23(31-21)24(34)30-13-16(14-32)15-33/h4-11,16,21-23,31-33H,12-15,29H2,1-3H3,(H,30,34)/t21-,22-,23+,26+/m0/s1. The van der Waals surface area contributed by atoms with Gasteiger partial charge in [-0.3, -0.25) is 4.79 Å². The summed E-state index contributed by atoms with van der Waals surface area (Å²) in [4.78, 5) is 13.5. The third-order valence-corrected chi connectivity index (χ3v) is 7.02. The molecular formula is C26H35Cl2N3O3. The van der Waals surface area contributed by atoms with E-state index in [-0.39, 0.29) is 37.1 Å². The van der Waals surface area contributed by atoms with Crippen molar-refractivity contribution >= 4 is 29.1 Å². The fraction of sp³-hybridized carbons (Fsp3) is 0.500. The molecule has 1 heterocycles. The summed E-state index contributed by atoms with van der Waals surface area (Å²) in [6, 6.07) is 14.1. The quantitative estimate of drug-likeness (QED) is 0.376. The van der Waals surface area contributed by atoms with Crippen LogP contribution in [0.3, 0.4) is 0 Å². The van der Waals surface area contributed by atoms with Crippen LogP contribution in [0.2, 0.25) is 10.0 Å². The van der Waals surface area contributed by atoms with E-state index in [1.54, 1.807) is 6.07 Å². The molecule has 1 aliphatic heterocycles. The van der Waals surface area contributed by atoms with E-state index in [0.717, 1.165) is 17.5 Å². The zero-order chi connectivity index (χ0) is 25.1. The molecule has 2 aromatic rings. The minimum absolute atomic E-state index is 0.0577. The molecule has 0 bridgehead atoms. The van der Waals surface area contributed by atoms with Gasteiger partial charge in [-0.2, -0.15) is 0 Å². The molecule has 2 aromatic carbocycles. The molecule has 6 N–H and O–H groups in total. The molecule has 0 radical (unpaired) electrons. The van der Waals surface area contributed by atoms with Gasteiger partial charge in [-0.05, 0) is 47.2 Å². The van der Waals surface area contributed by atoms with E-state index in [0.29, 0.717) is 10.0 Å². The lowest BCUT2D eigenvalue weighted by Gasteiger charge is -2.39. The lowest BCUT2D eigenvalue weighted by Crippen LogP contribution is -2.51. The number of nitrogens with two attached hydrogens (primary N) is 1. The van der Waals surface area contributed by atoms with Crippen LogP contribution in [0.25, 0.3) is 0 Å². The number of hydrogen-bond donors (Lipinski definition) is 5. The highest BCUT2D eigenvalue weighted by Crippen LogP contribution is 2.48. The highest BCUT2D eigenvalue weighted by Gasteiger charge is 2.56. The number of nitrogens with one attached hydrogen (secondary N) is 2. The van der Waals surface area contributed by atoms with Gasteiger partial charge in [0, 0.05) is 47.7 Å². The molecule has 6 nitrogen and oxygen atoms in total. The first kappa shape index (κ1) is 26.9. The summed E-state index contributed by atoms with van der Waals surface area (Å²) in [6.07, 6.45) is 0.725. The van der Waals surface area contributed by atoms with E-state index < -0.39 is 23.4 Å². The van der Waals surface area contributed by atoms with Crippen molar-refractivity contribution in [2.24, 2.45) is 17.1 Å². The number of carbonyl (C=O) groups is 1. The highest BCUT2D eigenvalue weighted by molar-refractivity contribution is 6.30. The van der Waals surface area contributed by atoms with Crippen molar-refractivity contribution in [3.05, 3.63) is 69.7 Å². The number of aliphatic hydroxyl groups is 2. The zero-order valence-electron chi connectivity index (χ0n) is 19.9. The van der Waals surface area contributed by atoms with Crippen LogP contribution in [0.4, 0.5) is 0 Å². The number of rotatable bonds is 8. The second-order valence-corrected chi connectivity index (χ2v) is 11.3. The van der Waals surface area contributed by atoms with Gasteiger partial charge in [0.05, 0.1) is 11.6 Å². The van der Waals surface area contributed by atoms with Crippen molar-refractivity contribution in [2.75, 3.05) is 19.8 Å². The third kappa shape index (κ3) is 5.93. The molecular weight excluding hydrogens is 473 g/mol. The fourth-order valence-corrected chi connectivity index (χ4v) is 5.16. The minimum Gasteiger partial charge on any atom is -0.396 e. The molecule has 0 aromatic heterocycles. The topological polar surface area (TPSA) is 108 Å². The van der Waals surface area contributed by atoms with Gasteiger partial charge in [0.25, 0.3) is 0 Å². The summed E-state index contributed by atoms with van der Waals surface area (Å²) in [6.45, 7) is 6.16. The fourth-order valence-electron chi connectivity index (χ4n) is 4.84. The third-order valence-electron chi connectivity index (χ3n) is 6.54. The Morgan fingerprint density at radius 1 is 1.12 bits per heavy atom. The first-order chi connectivity index (χ1) is 16.0. The predicted octanol–water partition coefficient (Wildman–Crippen LogP) is 3.42. The summed E-state index contributed by atoms with van der Waals surface area (Å²) in [7, 11) is 0. The number of amides is 1. The maximum absolute atomic E-state index is 13.5. The maximum atomic E-state index is 13.5. The summed E-state index contributed by atoms with van der Waals surface area (Å²) in [5.74, 6) is -1.10. The Labute approximate surface area is 211 Å². The van der Waals surface area contributed by atoms with Crippen molar-refractivity contribution in [1.29, 1.82) is 0 Å². The SMILES string of the molecule is CC(C)(C)C[C@@H]1N[C@@H](C(=O)NCC(CO)CO)[C@H](c2cccc(Cl)c2)[C@@]1(N)c1ccc(Cl)cc1. The van der Waals surface area contributed by atoms with Crippen LogP contribution in [-0.4, -0.2) is 48.0 Å². The second-order valence-electron chi connectivity index (χ2n) is 10.4. The smallest absolute Gasteiger partial charge is 0.237 e. The van der Waals surface area contributed by atoms with Crippen LogP contribution < -0.4 is 16.4 Å². The van der Waals surface area contributed by atoms with Gasteiger partial charge in [-0.25, -0.2) is 0 Å². The van der Waals surface area contributed by atoms with Crippen molar-refractivity contribution in [3.8, 4) is 0 Å². The van der Waals surface area contributed by atoms with Crippen LogP contribution >= 0.6 is 23.2 Å². The monoisotopic (exact) mass is 507 g/mol. The van der Waals surface area contributed by atoms with Crippen molar-refractivity contribution in [3.63, 3.8) is 0 Å². The number of benzene rings is 2. The Morgan fingerprint density at radius 3 is 2.32 bits per heavy atom. The molecule has 1 amide bonds. The number of carbonyl (C=O) groups excluding carboxylic acids is 1. The molecule has 34 heavy (non-hydrogen) atoms. The van der Waals surface area contributed by atoms with Gasteiger partial charge in [-0.15, -0.1) is 0 Å². The minimum atomic E-state index is -0.933. The Balaban J connectivity index is 2.11. The largest absolute Gasteiger partial charge is 0.396 e. The first-order valence-corrected chi connectivity index (χ1v) is 12.3. The number of halogens is 2. The van der Waals surface area contributed by atoms with Gasteiger partial charge in [0.15, 0.2) is 0 Å². The van der Waals surface area contributed by atoms with E-state index in [1.165, 1.54) is 0 Å². The molecule has 0 spiro atoms. The molecule has 0 saturated carbocycles. The van der Waals surface area contributed by atoms with Crippen molar-refractivity contribution in [2.45, 2.75) is 50.7 Å². The van der Waals surface area contributed by atoms with Crippen LogP contribution in [0, 0.1) is 11.3 Å². The molecule has 4 atom stereocenters. The number of hydrogen-bond acceptors (Lipinski definition) is 5. The normalized spacial score (nSPS) is 25.0. The van der Waals surface area contributed by atoms with Gasteiger partial charge in [0.1, 0.15) is 0 Å².